The topological polar surface area (TPSA) is 432 Å². The molecular formula is C91H96BrCl2N17O10S4Zn. The summed E-state index contributed by atoms with van der Waals surface area (Å²) in [6.45, 7) is 35.4. The van der Waals surface area contributed by atoms with Crippen LogP contribution in [0.15, 0.2) is 175 Å². The molecule has 652 valence electrons. The van der Waals surface area contributed by atoms with Crippen molar-refractivity contribution in [1.82, 2.24) is 45.2 Å². The first-order valence-electron chi connectivity index (χ1n) is 38.3. The number of hydrogen-bond donors (Lipinski definition) is 6. The molecule has 0 spiro atoms. The van der Waals surface area contributed by atoms with Gasteiger partial charge in [-0.15, -0.1) is 68.5 Å². The minimum atomic E-state index is -1.06. The summed E-state index contributed by atoms with van der Waals surface area (Å²) in [5, 5.41) is 29.3. The third kappa shape index (κ3) is 30.3. The molecule has 0 aliphatic carbocycles. The number of thiophene rings is 4. The summed E-state index contributed by atoms with van der Waals surface area (Å²) in [5.74, 6) is 2.63. The number of nitrogen functional groups attached to an aromatic ring is 4. The molecular weight excluding hydrogens is 1840 g/mol. The van der Waals surface area contributed by atoms with E-state index in [4.69, 9.17) is 109 Å². The van der Waals surface area contributed by atoms with Crippen molar-refractivity contribution in [3.63, 3.8) is 0 Å². The van der Waals surface area contributed by atoms with Crippen LogP contribution in [0.3, 0.4) is 0 Å². The van der Waals surface area contributed by atoms with Gasteiger partial charge in [-0.1, -0.05) is 52.3 Å². The SMILES string of the molecule is C1CCOC1.CC(C)(C)OC(=O)OC(=O)OC(C)(C)C.COc1cccc(C(N)c2ccc3sc(-c4ccnc(N)n4)c(C)c3c2)c1.COc1cccc(C(NC(=O)OC(C)(C)C)c2ccc3sc(-c4ccnc(N)n4)c(C)c3c2)c1.Cc1c(-c2ccnc(N)n2)sc2ccc(Br)cc12.Cc1c(-c2ccnc(N)n2)sc2ccc(C#N)cc12.ClCCl.[C-]#N.[C-]#N.[Zn+2]. The second-order valence-electron chi connectivity index (χ2n) is 30.0. The molecule has 1 fully saturated rings. The number of carbonyl (C=O) groups excluding carboxylic acids is 3. The Morgan fingerprint density at radius 3 is 1.17 bits per heavy atom. The number of amides is 1. The number of hydrogen-bond acceptors (Lipinski definition) is 30. The Labute approximate surface area is 779 Å². The van der Waals surface area contributed by atoms with Gasteiger partial charge in [-0.05, 0) is 278 Å². The van der Waals surface area contributed by atoms with Crippen LogP contribution < -0.4 is 43.5 Å². The van der Waals surface area contributed by atoms with E-state index in [1.807, 2.05) is 125 Å². The first kappa shape index (κ1) is 103. The number of alkyl carbamates (subject to hydrolysis) is 1. The van der Waals surface area contributed by atoms with Gasteiger partial charge in [0.15, 0.2) is 0 Å². The van der Waals surface area contributed by atoms with Crippen molar-refractivity contribution < 1.29 is 67.0 Å². The smallest absolute Gasteiger partial charge is 0.512 e. The Hall–Kier alpha value is -11.6. The van der Waals surface area contributed by atoms with Crippen LogP contribution in [0.4, 0.5) is 38.2 Å². The van der Waals surface area contributed by atoms with Crippen LogP contribution in [0, 0.1) is 62.7 Å². The molecule has 14 aromatic rings. The molecule has 6 aromatic carbocycles. The first-order valence-corrected chi connectivity index (χ1v) is 43.4. The number of aryl methyl sites for hydroxylation is 4. The predicted molar refractivity (Wildman–Crippen MR) is 504 cm³/mol. The molecule has 126 heavy (non-hydrogen) atoms. The van der Waals surface area contributed by atoms with Gasteiger partial charge in [0.1, 0.15) is 28.3 Å². The number of nitrogens with zero attached hydrogens (tertiary/aromatic N) is 11. The fraction of sp³-hybridized carbons (Fsp3) is 0.275. The standard InChI is InChI=1S/C26H28N4O3S.C21H20N4OS.C14H10N4S.C13H10BrN3S.C10H18O5.C4H8O.CH2Cl2.2CN.Zn/c1-15-19-14-17(9-10-21(19)34-23(15)20-11-12-28-24(27)29-20)22(30-25(31)33-26(2,3)4)16-7-6-8-18(13-16)32-5;1-12-16-11-14(19(22)13-4-3-5-15(10-13)26-2)6-7-18(16)27-20(12)17-8-9-24-21(23)25-17;1-8-10-6-9(7-15)2-3-12(10)19-13(8)11-4-5-17-14(16)18-11;1-7-9-6-8(14)2-3-11(9)18-12(7)10-4-5-16-13(15)17-10;1-9(2,3)14-7(11)13-8(12)15-10(4,5)6;1-2-4-5-3-1;2-1-3;2*1-2;/h6-14,22H,1-5H3,(H,30,31)(H2,27,28,29);3-11,19H,22H2,1-2H3,(H2,23,24,25);2-6H,1H3,(H2,16,17,18);2-6H,1H3,(H2,15,16,17);1-6H3;1-4H2;1H2;;;/q;;;;;;;2*-1;+2. The fourth-order valence-corrected chi connectivity index (χ4v) is 17.1. The zero-order valence-electron chi connectivity index (χ0n) is 72.2. The molecule has 9 heterocycles. The largest absolute Gasteiger partial charge is 2.00 e. The number of carbonyl (C=O) groups is 3. The average Bonchev–Trinajstić information content (AvgIpc) is 1.19. The van der Waals surface area contributed by atoms with Crippen LogP contribution in [0.5, 0.6) is 11.5 Å². The molecule has 8 aromatic heterocycles. The van der Waals surface area contributed by atoms with Crippen molar-refractivity contribution in [3.05, 3.63) is 238 Å². The van der Waals surface area contributed by atoms with E-state index < -0.39 is 41.2 Å². The average molecular weight is 1930 g/mol. The number of ether oxygens (including phenoxy) is 7. The third-order valence-corrected chi connectivity index (χ3v) is 23.2. The summed E-state index contributed by atoms with van der Waals surface area (Å²) < 4.78 is 40.8. The molecule has 1 amide bonds. The van der Waals surface area contributed by atoms with Crippen LogP contribution in [-0.4, -0.2) is 108 Å². The first-order chi connectivity index (χ1) is 59.4. The number of nitrogens with one attached hydrogen (secondary N) is 1. The predicted octanol–water partition coefficient (Wildman–Crippen LogP) is 22.6. The normalized spacial score (nSPS) is 11.7. The molecule has 0 saturated carbocycles. The second kappa shape index (κ2) is 48.7. The molecule has 1 saturated heterocycles. The van der Waals surface area contributed by atoms with E-state index in [0.29, 0.717) is 17.3 Å². The third-order valence-electron chi connectivity index (χ3n) is 17.5. The van der Waals surface area contributed by atoms with Crippen LogP contribution in [0.1, 0.15) is 137 Å². The number of benzene rings is 6. The second-order valence-corrected chi connectivity index (χ2v) is 35.9. The van der Waals surface area contributed by atoms with E-state index in [1.54, 1.807) is 126 Å². The monoisotopic (exact) mass is 1930 g/mol. The number of aromatic nitrogens is 8. The van der Waals surface area contributed by atoms with E-state index >= 15 is 0 Å². The van der Waals surface area contributed by atoms with Crippen molar-refractivity contribution in [2.45, 2.75) is 132 Å². The van der Waals surface area contributed by atoms with Crippen LogP contribution >= 0.6 is 84.5 Å². The molecule has 15 rings (SSSR count). The summed E-state index contributed by atoms with van der Waals surface area (Å²) >= 11 is 19.8. The van der Waals surface area contributed by atoms with Crippen LogP contribution in [-0.2, 0) is 43.2 Å². The van der Waals surface area contributed by atoms with Gasteiger partial charge >= 0.3 is 37.9 Å². The van der Waals surface area contributed by atoms with Crippen molar-refractivity contribution >= 4 is 167 Å². The maximum atomic E-state index is 12.7. The van der Waals surface area contributed by atoms with Gasteiger partial charge in [0.25, 0.3) is 0 Å². The van der Waals surface area contributed by atoms with Gasteiger partial charge in [-0.2, -0.15) is 5.26 Å². The van der Waals surface area contributed by atoms with E-state index in [2.05, 4.69) is 141 Å². The molecule has 0 radical (unpaired) electrons. The van der Waals surface area contributed by atoms with Gasteiger partial charge in [0, 0.05) is 61.3 Å². The van der Waals surface area contributed by atoms with Gasteiger partial charge in [0.2, 0.25) is 23.8 Å². The summed E-state index contributed by atoms with van der Waals surface area (Å²) in [6.07, 6.45) is 6.65. The van der Waals surface area contributed by atoms with E-state index in [-0.39, 0.29) is 48.7 Å². The Kier molecular flexibility index (Phi) is 39.9. The van der Waals surface area contributed by atoms with Crippen molar-refractivity contribution in [3.8, 4) is 59.9 Å². The van der Waals surface area contributed by atoms with Crippen LogP contribution in [0.2, 0.25) is 0 Å². The summed E-state index contributed by atoms with van der Waals surface area (Å²) in [6, 6.07) is 49.1. The van der Waals surface area contributed by atoms with Crippen LogP contribution in [0.25, 0.3) is 82.6 Å². The van der Waals surface area contributed by atoms with Gasteiger partial charge in [0.05, 0.1) is 85.6 Å². The van der Waals surface area contributed by atoms with Crippen molar-refractivity contribution in [2.75, 3.05) is 55.7 Å². The summed E-state index contributed by atoms with van der Waals surface area (Å²) in [5.41, 5.74) is 39.9. The van der Waals surface area contributed by atoms with Gasteiger partial charge in [-0.25, -0.2) is 54.3 Å². The molecule has 11 N–H and O–H groups in total. The van der Waals surface area contributed by atoms with E-state index in [9.17, 15) is 14.4 Å². The Morgan fingerprint density at radius 1 is 0.492 bits per heavy atom. The molecule has 2 unspecified atom stereocenters. The number of nitriles is 1. The molecule has 27 nitrogen and oxygen atoms in total. The number of fused-ring (bicyclic) bond motifs is 4. The Morgan fingerprint density at radius 2 is 0.817 bits per heavy atom. The zero-order chi connectivity index (χ0) is 92.0. The van der Waals surface area contributed by atoms with Crippen molar-refractivity contribution in [2.24, 2.45) is 5.73 Å². The fourth-order valence-electron chi connectivity index (χ4n) is 12.1. The molecule has 0 bridgehead atoms. The Balaban J connectivity index is 0.000000241. The maximum Gasteiger partial charge on any atom is 2.00 e. The van der Waals surface area contributed by atoms with Gasteiger partial charge < -0.3 is 90.8 Å². The van der Waals surface area contributed by atoms with Crippen molar-refractivity contribution in [1.29, 1.82) is 15.8 Å². The molecule has 35 heteroatoms. The maximum absolute atomic E-state index is 12.7. The number of nitrogens with two attached hydrogens (primary N) is 5. The number of halogens is 3. The summed E-state index contributed by atoms with van der Waals surface area (Å²) in [7, 11) is 3.28. The van der Waals surface area contributed by atoms with Gasteiger partial charge in [-0.3, -0.25) is 0 Å². The quantitative estimate of drug-likeness (QED) is 0.0175. The Bertz CT molecular complexity index is 6060. The van der Waals surface area contributed by atoms with E-state index in [1.165, 1.54) is 44.1 Å². The number of methoxy groups -OCH3 is 2. The number of anilines is 4. The molecule has 1 aliphatic rings. The number of alkyl halides is 2. The zero-order valence-corrected chi connectivity index (χ0v) is 81.5. The molecule has 2 atom stereocenters. The minimum Gasteiger partial charge on any atom is -0.512 e. The number of rotatable bonds is 11. The summed E-state index contributed by atoms with van der Waals surface area (Å²) in [4.78, 5) is 72.2. The minimum absolute atomic E-state index is 0. The van der Waals surface area contributed by atoms with E-state index in [0.717, 1.165) is 119 Å². The molecule has 1 aliphatic heterocycles.